The van der Waals surface area contributed by atoms with Crippen LogP contribution in [0.15, 0.2) is 60.2 Å². The van der Waals surface area contributed by atoms with Crippen molar-refractivity contribution in [3.05, 3.63) is 65.8 Å². The molecule has 0 fully saturated rings. The fraction of sp³-hybridized carbons (Fsp3) is 0.200. The van der Waals surface area contributed by atoms with Gasteiger partial charge in [-0.25, -0.2) is 0 Å². The van der Waals surface area contributed by atoms with Crippen LogP contribution in [0.1, 0.15) is 12.0 Å². The van der Waals surface area contributed by atoms with E-state index in [0.29, 0.717) is 11.8 Å². The second kappa shape index (κ2) is 3.54. The number of rotatable bonds is 2. The van der Waals surface area contributed by atoms with Crippen LogP contribution in [-0.4, -0.2) is 0 Å². The van der Waals surface area contributed by atoms with Crippen LogP contribution in [0, 0.1) is 11.8 Å². The summed E-state index contributed by atoms with van der Waals surface area (Å²) in [5.74, 6) is 1.40. The number of allylic oxidation sites excluding steroid dienone is 5. The van der Waals surface area contributed by atoms with Crippen LogP contribution >= 0.6 is 0 Å². The Morgan fingerprint density at radius 3 is 2.53 bits per heavy atom. The van der Waals surface area contributed by atoms with Crippen molar-refractivity contribution in [1.82, 2.24) is 0 Å². The molecule has 2 aliphatic rings. The van der Waals surface area contributed by atoms with Crippen LogP contribution < -0.4 is 0 Å². The highest BCUT2D eigenvalue weighted by Gasteiger charge is 2.25. The van der Waals surface area contributed by atoms with Gasteiger partial charge in [-0.15, -0.1) is 0 Å². The van der Waals surface area contributed by atoms with Gasteiger partial charge in [-0.05, 0) is 23.5 Å². The van der Waals surface area contributed by atoms with Gasteiger partial charge in [-0.1, -0.05) is 60.7 Å². The van der Waals surface area contributed by atoms with Gasteiger partial charge in [-0.3, -0.25) is 0 Å². The summed E-state index contributed by atoms with van der Waals surface area (Å²) in [7, 11) is 0. The molecule has 0 saturated carbocycles. The molecule has 1 aromatic carbocycles. The maximum absolute atomic E-state index is 2.39. The Balaban J connectivity index is 1.77. The molecule has 0 heterocycles. The zero-order valence-corrected chi connectivity index (χ0v) is 8.64. The number of hydrogen-bond acceptors (Lipinski definition) is 0. The zero-order chi connectivity index (χ0) is 10.1. The van der Waals surface area contributed by atoms with Crippen LogP contribution in [0.2, 0.25) is 0 Å². The molecular weight excluding hydrogens is 180 g/mol. The first-order valence-corrected chi connectivity index (χ1v) is 5.55. The summed E-state index contributed by atoms with van der Waals surface area (Å²) in [6.07, 6.45) is 12.8. The van der Waals surface area contributed by atoms with Crippen molar-refractivity contribution in [2.45, 2.75) is 6.42 Å². The van der Waals surface area contributed by atoms with Crippen LogP contribution in [0.5, 0.6) is 0 Å². The Morgan fingerprint density at radius 1 is 1.00 bits per heavy atom. The third-order valence-corrected chi connectivity index (χ3v) is 3.22. The summed E-state index contributed by atoms with van der Waals surface area (Å²) >= 11 is 0. The molecular formula is C15H14. The van der Waals surface area contributed by atoms with Crippen molar-refractivity contribution >= 4 is 6.08 Å². The SMILES string of the molecule is C1=CC2CC1C=C2/C=C/c1ccccc1. The lowest BCUT2D eigenvalue weighted by molar-refractivity contribution is 0.721. The standard InChI is InChI=1S/C15H14/c1-2-4-12(5-3-1)6-8-14-10-13-7-9-15(14)11-13/h1-10,13,15H,11H2/b8-6+. The van der Waals surface area contributed by atoms with Gasteiger partial charge < -0.3 is 0 Å². The van der Waals surface area contributed by atoms with E-state index in [1.807, 2.05) is 0 Å². The number of benzene rings is 1. The van der Waals surface area contributed by atoms with E-state index < -0.39 is 0 Å². The average molecular weight is 194 g/mol. The fourth-order valence-corrected chi connectivity index (χ4v) is 2.40. The Kier molecular flexibility index (Phi) is 2.06. The lowest BCUT2D eigenvalue weighted by atomic mass is 10.0. The van der Waals surface area contributed by atoms with Crippen LogP contribution in [0.4, 0.5) is 0 Å². The summed E-state index contributed by atoms with van der Waals surface area (Å²) in [6, 6.07) is 10.5. The molecule has 3 rings (SSSR count). The Hall–Kier alpha value is -1.56. The molecule has 0 amide bonds. The van der Waals surface area contributed by atoms with Crippen molar-refractivity contribution in [3.8, 4) is 0 Å². The fourth-order valence-electron chi connectivity index (χ4n) is 2.40. The molecule has 0 aliphatic heterocycles. The van der Waals surface area contributed by atoms with Crippen molar-refractivity contribution < 1.29 is 0 Å². The molecule has 15 heavy (non-hydrogen) atoms. The third-order valence-electron chi connectivity index (χ3n) is 3.22. The van der Waals surface area contributed by atoms with E-state index in [1.165, 1.54) is 17.6 Å². The molecule has 74 valence electrons. The molecule has 0 spiro atoms. The first-order valence-electron chi connectivity index (χ1n) is 5.55. The van der Waals surface area contributed by atoms with Gasteiger partial charge in [0.1, 0.15) is 0 Å². The number of hydrogen-bond donors (Lipinski definition) is 0. The van der Waals surface area contributed by atoms with Crippen molar-refractivity contribution in [2.24, 2.45) is 11.8 Å². The molecule has 0 radical (unpaired) electrons. The van der Waals surface area contributed by atoms with Crippen molar-refractivity contribution in [1.29, 1.82) is 0 Å². The van der Waals surface area contributed by atoms with E-state index in [-0.39, 0.29) is 0 Å². The smallest absolute Gasteiger partial charge is 0.00238 e. The highest BCUT2D eigenvalue weighted by Crippen LogP contribution is 2.38. The van der Waals surface area contributed by atoms with E-state index in [9.17, 15) is 0 Å². The monoisotopic (exact) mass is 194 g/mol. The van der Waals surface area contributed by atoms with Gasteiger partial charge in [0.15, 0.2) is 0 Å². The van der Waals surface area contributed by atoms with Gasteiger partial charge in [0.05, 0.1) is 0 Å². The maximum atomic E-state index is 2.39. The minimum Gasteiger partial charge on any atom is -0.0810 e. The quantitative estimate of drug-likeness (QED) is 0.628. The topological polar surface area (TPSA) is 0 Å². The van der Waals surface area contributed by atoms with Crippen LogP contribution in [0.25, 0.3) is 6.08 Å². The van der Waals surface area contributed by atoms with E-state index >= 15 is 0 Å². The predicted octanol–water partition coefficient (Wildman–Crippen LogP) is 3.83. The molecule has 1 aromatic rings. The normalized spacial score (nSPS) is 27.6. The molecule has 0 heteroatoms. The Bertz CT molecular complexity index is 434. The third kappa shape index (κ3) is 1.68. The molecule has 2 atom stereocenters. The molecule has 0 N–H and O–H groups in total. The summed E-state index contributed by atoms with van der Waals surface area (Å²) in [6.45, 7) is 0. The van der Waals surface area contributed by atoms with Gasteiger partial charge in [-0.2, -0.15) is 0 Å². The minimum atomic E-state index is 0.690. The molecule has 0 saturated heterocycles. The highest BCUT2D eigenvalue weighted by atomic mass is 14.3. The predicted molar refractivity (Wildman–Crippen MR) is 64.3 cm³/mol. The largest absolute Gasteiger partial charge is 0.0810 e. The second-order valence-electron chi connectivity index (χ2n) is 4.30. The summed E-state index contributed by atoms with van der Waals surface area (Å²) in [5, 5.41) is 0. The molecule has 2 bridgehead atoms. The highest BCUT2D eigenvalue weighted by molar-refractivity contribution is 5.54. The second-order valence-corrected chi connectivity index (χ2v) is 4.30. The minimum absolute atomic E-state index is 0.690. The number of fused-ring (bicyclic) bond motifs is 2. The van der Waals surface area contributed by atoms with Crippen molar-refractivity contribution in [2.75, 3.05) is 0 Å². The van der Waals surface area contributed by atoms with Gasteiger partial charge in [0.2, 0.25) is 0 Å². The summed E-state index contributed by atoms with van der Waals surface area (Å²) < 4.78 is 0. The lowest BCUT2D eigenvalue weighted by Crippen LogP contribution is -1.89. The maximum Gasteiger partial charge on any atom is 0.00238 e. The van der Waals surface area contributed by atoms with E-state index in [2.05, 4.69) is 60.7 Å². The molecule has 2 aliphatic carbocycles. The van der Waals surface area contributed by atoms with Gasteiger partial charge >= 0.3 is 0 Å². The van der Waals surface area contributed by atoms with Crippen LogP contribution in [0.3, 0.4) is 0 Å². The Morgan fingerprint density at radius 2 is 1.87 bits per heavy atom. The van der Waals surface area contributed by atoms with E-state index in [4.69, 9.17) is 0 Å². The summed E-state index contributed by atoms with van der Waals surface area (Å²) in [5.41, 5.74) is 2.77. The zero-order valence-electron chi connectivity index (χ0n) is 8.64. The molecule has 2 unspecified atom stereocenters. The van der Waals surface area contributed by atoms with Crippen LogP contribution in [-0.2, 0) is 0 Å². The summed E-state index contributed by atoms with van der Waals surface area (Å²) in [4.78, 5) is 0. The first-order chi connectivity index (χ1) is 7.42. The van der Waals surface area contributed by atoms with E-state index in [0.717, 1.165) is 0 Å². The van der Waals surface area contributed by atoms with Crippen molar-refractivity contribution in [3.63, 3.8) is 0 Å². The molecule has 0 nitrogen and oxygen atoms in total. The average Bonchev–Trinajstić information content (AvgIpc) is 2.89. The Labute approximate surface area is 90.6 Å². The lowest BCUT2D eigenvalue weighted by Gasteiger charge is -2.03. The molecule has 0 aromatic heterocycles. The van der Waals surface area contributed by atoms with E-state index in [1.54, 1.807) is 0 Å². The van der Waals surface area contributed by atoms with Gasteiger partial charge in [0, 0.05) is 5.92 Å². The first kappa shape index (κ1) is 8.72. The van der Waals surface area contributed by atoms with Gasteiger partial charge in [0.25, 0.3) is 0 Å².